The maximum atomic E-state index is 13.4. The number of hydrogen-bond donors (Lipinski definition) is 1. The predicted octanol–water partition coefficient (Wildman–Crippen LogP) is 2.92. The molecule has 96 valence electrons. The van der Waals surface area contributed by atoms with E-state index in [1.165, 1.54) is 6.07 Å². The maximum Gasteiger partial charge on any atom is 0.258 e. The van der Waals surface area contributed by atoms with Crippen molar-refractivity contribution < 1.29 is 8.91 Å². The first kappa shape index (κ1) is 13.2. The highest BCUT2D eigenvalue weighted by Crippen LogP contribution is 2.23. The molecule has 2 N–H and O–H groups in total. The van der Waals surface area contributed by atoms with Crippen LogP contribution in [0.15, 0.2) is 27.2 Å². The summed E-state index contributed by atoms with van der Waals surface area (Å²) in [6, 6.07) is 4.68. The van der Waals surface area contributed by atoms with Gasteiger partial charge >= 0.3 is 0 Å². The second-order valence-corrected chi connectivity index (χ2v) is 4.87. The highest BCUT2D eigenvalue weighted by molar-refractivity contribution is 9.10. The van der Waals surface area contributed by atoms with Crippen molar-refractivity contribution in [2.24, 2.45) is 5.73 Å². The molecule has 0 bridgehead atoms. The Kier molecular flexibility index (Phi) is 4.08. The molecule has 1 heterocycles. The Morgan fingerprint density at radius 3 is 2.94 bits per heavy atom. The number of halogens is 2. The second-order valence-electron chi connectivity index (χ2n) is 4.02. The summed E-state index contributed by atoms with van der Waals surface area (Å²) in [5.74, 6) is 0.486. The molecule has 0 aliphatic carbocycles. The molecule has 0 aliphatic rings. The van der Waals surface area contributed by atoms with Crippen molar-refractivity contribution in [1.29, 1.82) is 0 Å². The molecule has 6 heteroatoms. The van der Waals surface area contributed by atoms with Gasteiger partial charge in [0.1, 0.15) is 5.82 Å². The van der Waals surface area contributed by atoms with E-state index in [2.05, 4.69) is 26.1 Å². The Labute approximate surface area is 113 Å². The zero-order valence-corrected chi connectivity index (χ0v) is 11.4. The van der Waals surface area contributed by atoms with Crippen LogP contribution in [0.4, 0.5) is 4.39 Å². The average molecular weight is 314 g/mol. The lowest BCUT2D eigenvalue weighted by molar-refractivity contribution is 0.419. The van der Waals surface area contributed by atoms with Crippen LogP contribution < -0.4 is 5.73 Å². The van der Waals surface area contributed by atoms with E-state index >= 15 is 0 Å². The van der Waals surface area contributed by atoms with Crippen LogP contribution in [0.1, 0.15) is 19.2 Å². The van der Waals surface area contributed by atoms with Gasteiger partial charge in [0.05, 0.1) is 4.47 Å². The molecular formula is C12H13BrFN3O. The smallest absolute Gasteiger partial charge is 0.258 e. The summed E-state index contributed by atoms with van der Waals surface area (Å²) in [6.45, 7) is 2.00. The zero-order valence-electron chi connectivity index (χ0n) is 9.86. The van der Waals surface area contributed by atoms with Gasteiger partial charge in [-0.25, -0.2) is 4.39 Å². The van der Waals surface area contributed by atoms with Gasteiger partial charge in [-0.05, 0) is 40.5 Å². The number of nitrogens with zero attached hydrogens (tertiary/aromatic N) is 2. The molecule has 0 amide bonds. The van der Waals surface area contributed by atoms with E-state index in [0.717, 1.165) is 6.42 Å². The SMILES string of the molecule is CCC(N)Cc1noc(-c2ccc(Br)c(F)c2)n1. The molecule has 0 spiro atoms. The van der Waals surface area contributed by atoms with Crippen molar-refractivity contribution in [2.75, 3.05) is 0 Å². The van der Waals surface area contributed by atoms with Crippen molar-refractivity contribution in [3.8, 4) is 11.5 Å². The quantitative estimate of drug-likeness (QED) is 0.942. The standard InChI is InChI=1S/C12H13BrFN3O/c1-2-8(15)6-11-16-12(18-17-11)7-3-4-9(13)10(14)5-7/h3-5,8H,2,6,15H2,1H3. The number of nitrogens with two attached hydrogens (primary N) is 1. The summed E-state index contributed by atoms with van der Waals surface area (Å²) in [4.78, 5) is 4.20. The van der Waals surface area contributed by atoms with Gasteiger partial charge in [0.15, 0.2) is 5.82 Å². The Balaban J connectivity index is 2.21. The van der Waals surface area contributed by atoms with Gasteiger partial charge in [0, 0.05) is 18.0 Å². The molecule has 1 aromatic carbocycles. The number of rotatable bonds is 4. The molecule has 2 aromatic rings. The lowest BCUT2D eigenvalue weighted by Crippen LogP contribution is -2.21. The van der Waals surface area contributed by atoms with Crippen LogP contribution in [0.2, 0.25) is 0 Å². The summed E-state index contributed by atoms with van der Waals surface area (Å²) in [6.07, 6.45) is 1.40. The van der Waals surface area contributed by atoms with Crippen LogP contribution >= 0.6 is 15.9 Å². The van der Waals surface area contributed by atoms with Crippen LogP contribution in [0, 0.1) is 5.82 Å². The number of aromatic nitrogens is 2. The number of benzene rings is 1. The lowest BCUT2D eigenvalue weighted by atomic mass is 10.1. The summed E-state index contributed by atoms with van der Waals surface area (Å²) >= 11 is 3.09. The minimum absolute atomic E-state index is 0.0112. The van der Waals surface area contributed by atoms with Gasteiger partial charge in [-0.15, -0.1) is 0 Å². The Morgan fingerprint density at radius 1 is 1.50 bits per heavy atom. The minimum Gasteiger partial charge on any atom is -0.334 e. The molecular weight excluding hydrogens is 301 g/mol. The summed E-state index contributed by atoms with van der Waals surface area (Å²) in [5, 5.41) is 3.83. The Hall–Kier alpha value is -1.27. The molecule has 0 saturated carbocycles. The molecule has 0 saturated heterocycles. The molecule has 1 aromatic heterocycles. The largest absolute Gasteiger partial charge is 0.334 e. The van der Waals surface area contributed by atoms with E-state index in [1.54, 1.807) is 12.1 Å². The minimum atomic E-state index is -0.363. The van der Waals surface area contributed by atoms with Crippen LogP contribution in [0.5, 0.6) is 0 Å². The third-order valence-electron chi connectivity index (χ3n) is 2.60. The first-order chi connectivity index (χ1) is 8.60. The van der Waals surface area contributed by atoms with Gasteiger partial charge in [-0.3, -0.25) is 0 Å². The van der Waals surface area contributed by atoms with E-state index in [4.69, 9.17) is 10.3 Å². The van der Waals surface area contributed by atoms with E-state index < -0.39 is 0 Å². The maximum absolute atomic E-state index is 13.4. The van der Waals surface area contributed by atoms with Crippen LogP contribution in [0.25, 0.3) is 11.5 Å². The second kappa shape index (κ2) is 5.58. The van der Waals surface area contributed by atoms with Crippen molar-refractivity contribution in [3.05, 3.63) is 34.3 Å². The highest BCUT2D eigenvalue weighted by Gasteiger charge is 2.12. The lowest BCUT2D eigenvalue weighted by Gasteiger charge is -2.02. The molecule has 1 unspecified atom stereocenters. The third-order valence-corrected chi connectivity index (χ3v) is 3.25. The van der Waals surface area contributed by atoms with Crippen molar-refractivity contribution in [1.82, 2.24) is 10.1 Å². The van der Waals surface area contributed by atoms with E-state index in [0.29, 0.717) is 28.2 Å². The fourth-order valence-corrected chi connectivity index (χ4v) is 1.71. The monoisotopic (exact) mass is 313 g/mol. The Bertz CT molecular complexity index is 544. The summed E-state index contributed by atoms with van der Waals surface area (Å²) in [5.41, 5.74) is 6.36. The molecule has 18 heavy (non-hydrogen) atoms. The zero-order chi connectivity index (χ0) is 13.1. The average Bonchev–Trinajstić information content (AvgIpc) is 2.81. The van der Waals surface area contributed by atoms with Gasteiger partial charge in [-0.2, -0.15) is 4.98 Å². The van der Waals surface area contributed by atoms with E-state index in [9.17, 15) is 4.39 Å². The number of hydrogen-bond acceptors (Lipinski definition) is 4. The van der Waals surface area contributed by atoms with Crippen LogP contribution in [0.3, 0.4) is 0 Å². The molecule has 4 nitrogen and oxygen atoms in total. The van der Waals surface area contributed by atoms with Crippen molar-refractivity contribution in [2.45, 2.75) is 25.8 Å². The van der Waals surface area contributed by atoms with Crippen molar-refractivity contribution in [3.63, 3.8) is 0 Å². The van der Waals surface area contributed by atoms with Gasteiger partial charge < -0.3 is 10.3 Å². The highest BCUT2D eigenvalue weighted by atomic mass is 79.9. The fraction of sp³-hybridized carbons (Fsp3) is 0.333. The molecule has 0 radical (unpaired) electrons. The Morgan fingerprint density at radius 2 is 2.28 bits per heavy atom. The molecule has 2 rings (SSSR count). The van der Waals surface area contributed by atoms with E-state index in [1.807, 2.05) is 6.92 Å². The predicted molar refractivity (Wildman–Crippen MR) is 69.4 cm³/mol. The van der Waals surface area contributed by atoms with Gasteiger partial charge in [0.2, 0.25) is 0 Å². The summed E-state index contributed by atoms with van der Waals surface area (Å²) in [7, 11) is 0. The van der Waals surface area contributed by atoms with Gasteiger partial charge in [0.25, 0.3) is 5.89 Å². The first-order valence-corrected chi connectivity index (χ1v) is 6.43. The molecule has 1 atom stereocenters. The third kappa shape index (κ3) is 2.94. The first-order valence-electron chi connectivity index (χ1n) is 5.63. The van der Waals surface area contributed by atoms with E-state index in [-0.39, 0.29) is 11.9 Å². The van der Waals surface area contributed by atoms with Crippen LogP contribution in [-0.4, -0.2) is 16.2 Å². The van der Waals surface area contributed by atoms with Gasteiger partial charge in [-0.1, -0.05) is 12.1 Å². The van der Waals surface area contributed by atoms with Crippen LogP contribution in [-0.2, 0) is 6.42 Å². The topological polar surface area (TPSA) is 64.9 Å². The molecule has 0 aliphatic heterocycles. The summed E-state index contributed by atoms with van der Waals surface area (Å²) < 4.78 is 18.9. The normalized spacial score (nSPS) is 12.7. The van der Waals surface area contributed by atoms with Crippen molar-refractivity contribution >= 4 is 15.9 Å². The fourth-order valence-electron chi connectivity index (χ4n) is 1.46. The molecule has 0 fully saturated rings.